The molecule has 0 saturated carbocycles. The van der Waals surface area contributed by atoms with Gasteiger partial charge in [0, 0.05) is 24.8 Å². The topological polar surface area (TPSA) is 146 Å². The molecular weight excluding hydrogens is 453 g/mol. The first-order valence-electron chi connectivity index (χ1n) is 10.5. The minimum absolute atomic E-state index is 0.000922. The highest BCUT2D eigenvalue weighted by Gasteiger charge is 2.57. The fraction of sp³-hybridized carbons (Fsp3) is 0.524. The zero-order valence-corrected chi connectivity index (χ0v) is 19.2. The third-order valence-corrected chi connectivity index (χ3v) is 9.29. The van der Waals surface area contributed by atoms with E-state index in [2.05, 4.69) is 20.3 Å². The Morgan fingerprint density at radius 1 is 1.27 bits per heavy atom. The summed E-state index contributed by atoms with van der Waals surface area (Å²) in [5.74, 6) is -2.05. The van der Waals surface area contributed by atoms with E-state index >= 15 is 0 Å². The molecule has 1 amide bonds. The number of hydrogen-bond donors (Lipinski definition) is 2. The van der Waals surface area contributed by atoms with Crippen molar-refractivity contribution in [3.05, 3.63) is 41.8 Å². The molecule has 4 rings (SSSR count). The van der Waals surface area contributed by atoms with Crippen LogP contribution >= 0.6 is 0 Å². The first kappa shape index (κ1) is 23.3. The number of aliphatic imine (C=N–C) groups is 1. The van der Waals surface area contributed by atoms with Gasteiger partial charge in [-0.15, -0.1) is 0 Å². The van der Waals surface area contributed by atoms with Gasteiger partial charge in [0.05, 0.1) is 30.8 Å². The molecule has 3 N–H and O–H groups in total. The van der Waals surface area contributed by atoms with Gasteiger partial charge in [-0.25, -0.2) is 22.8 Å². The van der Waals surface area contributed by atoms with Gasteiger partial charge in [0.25, 0.3) is 5.91 Å². The highest BCUT2D eigenvalue weighted by molar-refractivity contribution is 7.93. The normalized spacial score (nSPS) is 28.3. The largest absolute Gasteiger partial charge is 0.480 e. The van der Waals surface area contributed by atoms with Crippen LogP contribution in [0.1, 0.15) is 36.7 Å². The molecule has 12 heteroatoms. The van der Waals surface area contributed by atoms with Gasteiger partial charge in [0.15, 0.2) is 9.84 Å². The Balaban J connectivity index is 1.56. The van der Waals surface area contributed by atoms with Crippen LogP contribution in [0.4, 0.5) is 4.39 Å². The van der Waals surface area contributed by atoms with E-state index in [1.165, 1.54) is 31.7 Å². The number of allylic oxidation sites excluding steroid dienone is 3. The van der Waals surface area contributed by atoms with Gasteiger partial charge in [-0.3, -0.25) is 9.79 Å². The fourth-order valence-corrected chi connectivity index (χ4v) is 7.04. The van der Waals surface area contributed by atoms with Crippen molar-refractivity contribution in [2.24, 2.45) is 16.6 Å². The van der Waals surface area contributed by atoms with Crippen molar-refractivity contribution in [1.29, 1.82) is 0 Å². The van der Waals surface area contributed by atoms with Crippen LogP contribution in [0.15, 0.2) is 41.1 Å². The number of nitrogens with two attached hydrogens (primary N) is 1. The Morgan fingerprint density at radius 2 is 2.00 bits per heavy atom. The van der Waals surface area contributed by atoms with E-state index in [0.29, 0.717) is 5.70 Å². The van der Waals surface area contributed by atoms with Crippen LogP contribution in [-0.4, -0.2) is 66.5 Å². The van der Waals surface area contributed by atoms with Crippen LogP contribution in [0.25, 0.3) is 0 Å². The molecule has 1 aromatic heterocycles. The van der Waals surface area contributed by atoms with Crippen LogP contribution in [0.3, 0.4) is 0 Å². The summed E-state index contributed by atoms with van der Waals surface area (Å²) in [4.78, 5) is 25.0. The fourth-order valence-electron chi connectivity index (χ4n) is 4.58. The first-order valence-corrected chi connectivity index (χ1v) is 12.1. The van der Waals surface area contributed by atoms with Gasteiger partial charge in [-0.2, -0.15) is 0 Å². The molecule has 0 radical (unpaired) electrons. The van der Waals surface area contributed by atoms with Crippen LogP contribution in [0, 0.1) is 5.92 Å². The number of halogens is 1. The molecule has 1 aromatic rings. The maximum atomic E-state index is 15.0. The molecule has 1 fully saturated rings. The van der Waals surface area contributed by atoms with Gasteiger partial charge in [-0.1, -0.05) is 0 Å². The van der Waals surface area contributed by atoms with Crippen molar-refractivity contribution in [2.45, 2.75) is 36.5 Å². The van der Waals surface area contributed by atoms with Gasteiger partial charge in [-0.05, 0) is 38.3 Å². The molecule has 0 bridgehead atoms. The minimum atomic E-state index is -3.73. The van der Waals surface area contributed by atoms with Crippen LogP contribution in [-0.2, 0) is 14.6 Å². The quantitative estimate of drug-likeness (QED) is 0.652. The molecule has 2 atom stereocenters. The number of sulfone groups is 1. The van der Waals surface area contributed by atoms with E-state index in [1.54, 1.807) is 6.92 Å². The van der Waals surface area contributed by atoms with Crippen molar-refractivity contribution >= 4 is 21.6 Å². The Kier molecular flexibility index (Phi) is 5.99. The zero-order valence-electron chi connectivity index (χ0n) is 18.4. The molecule has 1 aliphatic carbocycles. The van der Waals surface area contributed by atoms with E-state index in [-0.39, 0.29) is 55.6 Å². The predicted octanol–water partition coefficient (Wildman–Crippen LogP) is 1.07. The Morgan fingerprint density at radius 3 is 2.61 bits per heavy atom. The number of nitrogens with one attached hydrogen (secondary N) is 1. The van der Waals surface area contributed by atoms with Gasteiger partial charge >= 0.3 is 0 Å². The molecule has 178 valence electrons. The number of amidine groups is 1. The van der Waals surface area contributed by atoms with E-state index in [0.717, 1.165) is 0 Å². The lowest BCUT2D eigenvalue weighted by Gasteiger charge is -2.46. The third-order valence-electron chi connectivity index (χ3n) is 6.52. The highest BCUT2D eigenvalue weighted by Crippen LogP contribution is 2.44. The second-order valence-electron chi connectivity index (χ2n) is 8.62. The summed E-state index contributed by atoms with van der Waals surface area (Å²) in [5, 5.41) is 2.69. The number of nitrogens with zero attached hydrogens (tertiary/aromatic N) is 3. The van der Waals surface area contributed by atoms with E-state index in [4.69, 9.17) is 15.2 Å². The number of ether oxygens (including phenoxy) is 2. The number of carbonyl (C=O) groups is 1. The number of carbonyl (C=O) groups excluding carboxylic acids is 1. The second-order valence-corrected chi connectivity index (χ2v) is 10.9. The highest BCUT2D eigenvalue weighted by atomic mass is 32.2. The molecule has 10 nitrogen and oxygen atoms in total. The van der Waals surface area contributed by atoms with E-state index in [9.17, 15) is 17.6 Å². The number of amides is 1. The summed E-state index contributed by atoms with van der Waals surface area (Å²) in [6.45, 7) is 2.13. The second kappa shape index (κ2) is 8.49. The molecule has 0 aromatic carbocycles. The van der Waals surface area contributed by atoms with Gasteiger partial charge < -0.3 is 20.5 Å². The Hall–Kier alpha value is -2.86. The van der Waals surface area contributed by atoms with Gasteiger partial charge in [0.2, 0.25) is 5.88 Å². The van der Waals surface area contributed by atoms with Crippen LogP contribution in [0.2, 0.25) is 0 Å². The average molecular weight is 480 g/mol. The summed E-state index contributed by atoms with van der Waals surface area (Å²) >= 11 is 0. The SMILES string of the molecule is COc1cnc(C(=O)NC2=CC=C(F)C([C@]3(C)CS(=O)(=O)C4(CCOCC4)C(N)=N3)C2)cn1. The summed E-state index contributed by atoms with van der Waals surface area (Å²) < 4.78 is 50.7. The van der Waals surface area contributed by atoms with Crippen molar-refractivity contribution in [2.75, 3.05) is 26.1 Å². The molecule has 1 saturated heterocycles. The molecule has 33 heavy (non-hydrogen) atoms. The standard InChI is InChI=1S/C21H26FN5O5S/c1-20(12-33(29,30)21(19(23)27-20)5-7-32-8-6-21)14-9-13(3-4-15(14)22)26-18(28)16-10-25-17(31-2)11-24-16/h3-4,10-11,14H,5-9,12H2,1-2H3,(H2,23,27)(H,26,28)/t14?,20-/m0/s1. The lowest BCUT2D eigenvalue weighted by molar-refractivity contribution is 0.0871. The van der Waals surface area contributed by atoms with Crippen molar-refractivity contribution in [1.82, 2.24) is 15.3 Å². The molecule has 1 unspecified atom stereocenters. The van der Waals surface area contributed by atoms with Crippen molar-refractivity contribution in [3.8, 4) is 5.88 Å². The van der Waals surface area contributed by atoms with Crippen LogP contribution in [0.5, 0.6) is 5.88 Å². The van der Waals surface area contributed by atoms with E-state index < -0.39 is 37.8 Å². The Bertz CT molecular complexity index is 1140. The summed E-state index contributed by atoms with van der Waals surface area (Å²) in [7, 11) is -2.30. The summed E-state index contributed by atoms with van der Waals surface area (Å²) in [6, 6.07) is 0. The number of rotatable bonds is 4. The van der Waals surface area contributed by atoms with Gasteiger partial charge in [0.1, 0.15) is 22.1 Å². The van der Waals surface area contributed by atoms with Crippen molar-refractivity contribution in [3.63, 3.8) is 0 Å². The monoisotopic (exact) mass is 479 g/mol. The lowest BCUT2D eigenvalue weighted by atomic mass is 9.80. The zero-order chi connectivity index (χ0) is 23.9. The number of hydrogen-bond acceptors (Lipinski definition) is 9. The maximum absolute atomic E-state index is 15.0. The summed E-state index contributed by atoms with van der Waals surface area (Å²) in [6.07, 6.45) is 5.72. The Labute approximate surface area is 191 Å². The van der Waals surface area contributed by atoms with E-state index in [1.807, 2.05) is 0 Å². The molecule has 3 heterocycles. The molecule has 3 aliphatic rings. The third kappa shape index (κ3) is 4.12. The molecule has 1 spiro atoms. The number of methoxy groups -OCH3 is 1. The number of aromatic nitrogens is 2. The van der Waals surface area contributed by atoms with Crippen LogP contribution < -0.4 is 15.8 Å². The molecule has 2 aliphatic heterocycles. The molecular formula is C21H26FN5O5S. The average Bonchev–Trinajstić information content (AvgIpc) is 2.79. The first-order chi connectivity index (χ1) is 15.6. The summed E-state index contributed by atoms with van der Waals surface area (Å²) in [5.41, 5.74) is 5.36. The lowest BCUT2D eigenvalue weighted by Crippen LogP contribution is -2.62. The smallest absolute Gasteiger partial charge is 0.275 e. The maximum Gasteiger partial charge on any atom is 0.275 e. The van der Waals surface area contributed by atoms with Crippen molar-refractivity contribution < 1.29 is 27.1 Å². The predicted molar refractivity (Wildman–Crippen MR) is 118 cm³/mol. The minimum Gasteiger partial charge on any atom is -0.480 e.